The highest BCUT2D eigenvalue weighted by Gasteiger charge is 2.28. The number of hydrogen-bond acceptors (Lipinski definition) is 4. The van der Waals surface area contributed by atoms with Crippen molar-refractivity contribution in [3.63, 3.8) is 0 Å². The predicted octanol–water partition coefficient (Wildman–Crippen LogP) is 1.88. The number of carbonyl (C=O) groups is 2. The van der Waals surface area contributed by atoms with Crippen molar-refractivity contribution < 1.29 is 14.3 Å². The summed E-state index contributed by atoms with van der Waals surface area (Å²) in [6, 6.07) is 0.122. The van der Waals surface area contributed by atoms with Gasteiger partial charge in [0, 0.05) is 11.7 Å². The first-order chi connectivity index (χ1) is 10.0. The van der Waals surface area contributed by atoms with Crippen LogP contribution in [-0.2, 0) is 9.53 Å². The van der Waals surface area contributed by atoms with E-state index in [0.717, 1.165) is 31.4 Å². The van der Waals surface area contributed by atoms with E-state index in [4.69, 9.17) is 4.74 Å². The van der Waals surface area contributed by atoms with Gasteiger partial charge >= 0.3 is 5.97 Å². The summed E-state index contributed by atoms with van der Waals surface area (Å²) in [5.74, 6) is -0.211. The standard InChI is InChI=1S/C15H23N3O3/c1-4-21-15(20)11-5-7-12(8-6-11)16-14(19)13-9(2)17-18-10(13)3/h11-12H,4-8H2,1-3H3,(H,16,19)(H,17,18). The van der Waals surface area contributed by atoms with Gasteiger partial charge in [0.1, 0.15) is 0 Å². The van der Waals surface area contributed by atoms with E-state index in [1.54, 1.807) is 0 Å². The van der Waals surface area contributed by atoms with Gasteiger partial charge in [0.05, 0.1) is 23.8 Å². The van der Waals surface area contributed by atoms with Crippen LogP contribution in [0.3, 0.4) is 0 Å². The summed E-state index contributed by atoms with van der Waals surface area (Å²) >= 11 is 0. The second-order valence-electron chi connectivity index (χ2n) is 5.58. The molecule has 116 valence electrons. The Hall–Kier alpha value is -1.85. The zero-order valence-electron chi connectivity index (χ0n) is 12.9. The van der Waals surface area contributed by atoms with Crippen molar-refractivity contribution in [3.8, 4) is 0 Å². The smallest absolute Gasteiger partial charge is 0.308 e. The van der Waals surface area contributed by atoms with Crippen LogP contribution >= 0.6 is 0 Å². The van der Waals surface area contributed by atoms with Gasteiger partial charge in [0.2, 0.25) is 0 Å². The highest BCUT2D eigenvalue weighted by atomic mass is 16.5. The molecule has 2 N–H and O–H groups in total. The number of aromatic amines is 1. The van der Waals surface area contributed by atoms with Crippen LogP contribution in [0.5, 0.6) is 0 Å². The van der Waals surface area contributed by atoms with E-state index in [0.29, 0.717) is 17.9 Å². The summed E-state index contributed by atoms with van der Waals surface area (Å²) in [4.78, 5) is 24.0. The molecule has 1 aliphatic carbocycles. The molecule has 1 aromatic rings. The average molecular weight is 293 g/mol. The fourth-order valence-corrected chi connectivity index (χ4v) is 2.88. The van der Waals surface area contributed by atoms with Gasteiger partial charge < -0.3 is 10.1 Å². The number of nitrogens with zero attached hydrogens (tertiary/aromatic N) is 1. The van der Waals surface area contributed by atoms with E-state index in [1.807, 2.05) is 20.8 Å². The zero-order valence-corrected chi connectivity index (χ0v) is 12.9. The summed E-state index contributed by atoms with van der Waals surface area (Å²) < 4.78 is 5.05. The minimum Gasteiger partial charge on any atom is -0.466 e. The molecule has 2 rings (SSSR count). The number of rotatable bonds is 4. The Balaban J connectivity index is 1.86. The molecule has 0 bridgehead atoms. The predicted molar refractivity (Wildman–Crippen MR) is 77.9 cm³/mol. The number of aryl methyl sites for hydroxylation is 2. The van der Waals surface area contributed by atoms with E-state index in [2.05, 4.69) is 15.5 Å². The van der Waals surface area contributed by atoms with E-state index >= 15 is 0 Å². The van der Waals surface area contributed by atoms with Crippen LogP contribution in [0.2, 0.25) is 0 Å². The lowest BCUT2D eigenvalue weighted by molar-refractivity contribution is -0.149. The fraction of sp³-hybridized carbons (Fsp3) is 0.667. The van der Waals surface area contributed by atoms with Gasteiger partial charge in [0.15, 0.2) is 0 Å². The molecule has 1 fully saturated rings. The van der Waals surface area contributed by atoms with Crippen LogP contribution in [0.15, 0.2) is 0 Å². The third-order valence-electron chi connectivity index (χ3n) is 4.04. The second-order valence-corrected chi connectivity index (χ2v) is 5.58. The number of amides is 1. The third kappa shape index (κ3) is 3.62. The van der Waals surface area contributed by atoms with Crippen LogP contribution < -0.4 is 5.32 Å². The minimum atomic E-state index is -0.108. The minimum absolute atomic E-state index is 0.0181. The maximum absolute atomic E-state index is 12.3. The van der Waals surface area contributed by atoms with Gasteiger partial charge in [-0.2, -0.15) is 5.10 Å². The molecule has 0 aliphatic heterocycles. The van der Waals surface area contributed by atoms with Crippen LogP contribution in [-0.4, -0.2) is 34.7 Å². The molecule has 0 radical (unpaired) electrons. The molecule has 0 atom stereocenters. The van der Waals surface area contributed by atoms with Crippen LogP contribution in [0.1, 0.15) is 54.4 Å². The third-order valence-corrected chi connectivity index (χ3v) is 4.04. The average Bonchev–Trinajstić information content (AvgIpc) is 2.79. The fourth-order valence-electron chi connectivity index (χ4n) is 2.88. The Bertz CT molecular complexity index is 497. The van der Waals surface area contributed by atoms with Crippen LogP contribution in [0.4, 0.5) is 0 Å². The summed E-state index contributed by atoms with van der Waals surface area (Å²) in [5.41, 5.74) is 2.12. The van der Waals surface area contributed by atoms with E-state index < -0.39 is 0 Å². The van der Waals surface area contributed by atoms with E-state index in [9.17, 15) is 9.59 Å². The second kappa shape index (κ2) is 6.74. The zero-order chi connectivity index (χ0) is 15.4. The lowest BCUT2D eigenvalue weighted by Gasteiger charge is -2.27. The normalized spacial score (nSPS) is 21.9. The molecule has 1 aliphatic rings. The molecular formula is C15H23N3O3. The monoisotopic (exact) mass is 293 g/mol. The highest BCUT2D eigenvalue weighted by molar-refractivity contribution is 5.96. The van der Waals surface area contributed by atoms with Gasteiger partial charge in [-0.15, -0.1) is 0 Å². The number of esters is 1. The summed E-state index contributed by atoms with van der Waals surface area (Å²) in [7, 11) is 0. The van der Waals surface area contributed by atoms with Crippen molar-refractivity contribution >= 4 is 11.9 Å². The topological polar surface area (TPSA) is 84.1 Å². The van der Waals surface area contributed by atoms with Crippen molar-refractivity contribution in [2.24, 2.45) is 5.92 Å². The molecule has 1 aromatic heterocycles. The molecule has 1 amide bonds. The van der Waals surface area contributed by atoms with Crippen LogP contribution in [0.25, 0.3) is 0 Å². The summed E-state index contributed by atoms with van der Waals surface area (Å²) in [6.07, 6.45) is 3.16. The summed E-state index contributed by atoms with van der Waals surface area (Å²) in [5, 5.41) is 9.90. The molecule has 0 saturated heterocycles. The van der Waals surface area contributed by atoms with Crippen molar-refractivity contribution in [3.05, 3.63) is 17.0 Å². The van der Waals surface area contributed by atoms with Crippen molar-refractivity contribution in [1.29, 1.82) is 0 Å². The maximum Gasteiger partial charge on any atom is 0.308 e. The molecule has 0 spiro atoms. The maximum atomic E-state index is 12.3. The first-order valence-electron chi connectivity index (χ1n) is 7.52. The number of hydrogen-bond donors (Lipinski definition) is 2. The molecule has 21 heavy (non-hydrogen) atoms. The van der Waals surface area contributed by atoms with Crippen molar-refractivity contribution in [2.75, 3.05) is 6.61 Å². The molecule has 0 unspecified atom stereocenters. The van der Waals surface area contributed by atoms with Gasteiger partial charge in [-0.25, -0.2) is 0 Å². The molecule has 6 heteroatoms. The molecule has 1 heterocycles. The van der Waals surface area contributed by atoms with E-state index in [-0.39, 0.29) is 23.8 Å². The number of aromatic nitrogens is 2. The molecule has 0 aromatic carbocycles. The Kier molecular flexibility index (Phi) is 4.98. The van der Waals surface area contributed by atoms with Gasteiger partial charge in [-0.1, -0.05) is 0 Å². The Morgan fingerprint density at radius 2 is 1.95 bits per heavy atom. The molecular weight excluding hydrogens is 270 g/mol. The first-order valence-corrected chi connectivity index (χ1v) is 7.52. The summed E-state index contributed by atoms with van der Waals surface area (Å²) in [6.45, 7) is 5.90. The number of ether oxygens (including phenoxy) is 1. The largest absolute Gasteiger partial charge is 0.466 e. The number of H-pyrrole nitrogens is 1. The molecule has 6 nitrogen and oxygen atoms in total. The lowest BCUT2D eigenvalue weighted by Crippen LogP contribution is -2.39. The Labute approximate surface area is 124 Å². The van der Waals surface area contributed by atoms with Gasteiger partial charge in [-0.05, 0) is 46.5 Å². The highest BCUT2D eigenvalue weighted by Crippen LogP contribution is 2.25. The molecule has 1 saturated carbocycles. The Morgan fingerprint density at radius 1 is 1.29 bits per heavy atom. The lowest BCUT2D eigenvalue weighted by atomic mass is 9.86. The van der Waals surface area contributed by atoms with Crippen LogP contribution in [0, 0.1) is 19.8 Å². The van der Waals surface area contributed by atoms with Gasteiger partial charge in [0.25, 0.3) is 5.91 Å². The first kappa shape index (κ1) is 15.5. The van der Waals surface area contributed by atoms with Crippen molar-refractivity contribution in [1.82, 2.24) is 15.5 Å². The Morgan fingerprint density at radius 3 is 2.48 bits per heavy atom. The van der Waals surface area contributed by atoms with E-state index in [1.165, 1.54) is 0 Å². The van der Waals surface area contributed by atoms with Gasteiger partial charge in [-0.3, -0.25) is 14.7 Å². The SMILES string of the molecule is CCOC(=O)C1CCC(NC(=O)c2c(C)n[nH]c2C)CC1. The quantitative estimate of drug-likeness (QED) is 0.830. The number of carbonyl (C=O) groups excluding carboxylic acids is 2. The number of nitrogens with one attached hydrogen (secondary N) is 2. The van der Waals surface area contributed by atoms with Crippen molar-refractivity contribution in [2.45, 2.75) is 52.5 Å².